The Morgan fingerprint density at radius 2 is 2.00 bits per heavy atom. The van der Waals surface area contributed by atoms with Crippen molar-refractivity contribution in [2.45, 2.75) is 32.2 Å². The van der Waals surface area contributed by atoms with E-state index in [4.69, 9.17) is 18.0 Å². The number of benzene rings is 1. The number of thiocarbonyl (C=S) groups is 1. The van der Waals surface area contributed by atoms with Crippen LogP contribution in [0.3, 0.4) is 0 Å². The van der Waals surface area contributed by atoms with E-state index in [1.54, 1.807) is 0 Å². The highest BCUT2D eigenvalue weighted by atomic mass is 32.1. The number of rotatable bonds is 5. The van der Waals surface area contributed by atoms with Crippen LogP contribution >= 0.6 is 12.2 Å². The first-order valence-electron chi connectivity index (χ1n) is 6.45. The molecule has 0 bridgehead atoms. The first-order chi connectivity index (χ1) is 9.09. The highest BCUT2D eigenvalue weighted by molar-refractivity contribution is 7.80. The molecular formula is C15H19N3S. The number of imidazole rings is 1. The van der Waals surface area contributed by atoms with Crippen molar-refractivity contribution in [2.24, 2.45) is 5.73 Å². The van der Waals surface area contributed by atoms with Gasteiger partial charge < -0.3 is 10.3 Å². The van der Waals surface area contributed by atoms with Crippen molar-refractivity contribution in [3.8, 4) is 0 Å². The summed E-state index contributed by atoms with van der Waals surface area (Å²) in [5.74, 6) is 1.43. The third kappa shape index (κ3) is 3.20. The Hall–Kier alpha value is -1.68. The van der Waals surface area contributed by atoms with Crippen molar-refractivity contribution in [1.82, 2.24) is 9.55 Å². The first kappa shape index (κ1) is 13.7. The monoisotopic (exact) mass is 273 g/mol. The van der Waals surface area contributed by atoms with Crippen molar-refractivity contribution >= 4 is 17.2 Å². The molecule has 0 saturated heterocycles. The molecule has 4 heteroatoms. The van der Waals surface area contributed by atoms with E-state index >= 15 is 0 Å². The predicted molar refractivity (Wildman–Crippen MR) is 82.3 cm³/mol. The molecule has 0 spiro atoms. The van der Waals surface area contributed by atoms with Crippen LogP contribution in [-0.2, 0) is 0 Å². The van der Waals surface area contributed by atoms with Gasteiger partial charge in [0, 0.05) is 24.7 Å². The minimum absolute atomic E-state index is 0.124. The highest BCUT2D eigenvalue weighted by Crippen LogP contribution is 2.26. The van der Waals surface area contributed by atoms with Crippen LogP contribution in [0.15, 0.2) is 42.7 Å². The number of hydrogen-bond acceptors (Lipinski definition) is 2. The molecule has 0 aliphatic heterocycles. The van der Waals surface area contributed by atoms with Crippen molar-refractivity contribution in [1.29, 1.82) is 0 Å². The summed E-state index contributed by atoms with van der Waals surface area (Å²) in [6.07, 6.45) is 4.49. The summed E-state index contributed by atoms with van der Waals surface area (Å²) < 4.78 is 2.18. The molecular weight excluding hydrogens is 254 g/mol. The van der Waals surface area contributed by atoms with Crippen molar-refractivity contribution in [2.75, 3.05) is 0 Å². The van der Waals surface area contributed by atoms with Gasteiger partial charge in [-0.2, -0.15) is 0 Å². The normalized spacial score (nSPS) is 12.6. The molecule has 0 fully saturated rings. The summed E-state index contributed by atoms with van der Waals surface area (Å²) in [4.78, 5) is 4.97. The largest absolute Gasteiger partial charge is 0.393 e. The van der Waals surface area contributed by atoms with Gasteiger partial charge in [-0.25, -0.2) is 4.98 Å². The maximum Gasteiger partial charge on any atom is 0.111 e. The topological polar surface area (TPSA) is 43.8 Å². The lowest BCUT2D eigenvalue weighted by Gasteiger charge is -2.22. The summed E-state index contributed by atoms with van der Waals surface area (Å²) in [6.45, 7) is 4.28. The quantitative estimate of drug-likeness (QED) is 0.850. The van der Waals surface area contributed by atoms with Gasteiger partial charge in [-0.05, 0) is 5.56 Å². The van der Waals surface area contributed by atoms with Gasteiger partial charge in [0.2, 0.25) is 0 Å². The highest BCUT2D eigenvalue weighted by Gasteiger charge is 2.19. The maximum atomic E-state index is 5.76. The van der Waals surface area contributed by atoms with Crippen LogP contribution in [0.1, 0.15) is 43.6 Å². The van der Waals surface area contributed by atoms with E-state index in [-0.39, 0.29) is 6.04 Å². The zero-order valence-corrected chi connectivity index (χ0v) is 12.1. The van der Waals surface area contributed by atoms with Gasteiger partial charge in [0.25, 0.3) is 0 Å². The van der Waals surface area contributed by atoms with Gasteiger partial charge in [-0.15, -0.1) is 0 Å². The second-order valence-electron chi connectivity index (χ2n) is 4.94. The first-order valence-corrected chi connectivity index (χ1v) is 6.86. The summed E-state index contributed by atoms with van der Waals surface area (Å²) in [5, 5.41) is 0. The van der Waals surface area contributed by atoms with E-state index in [0.29, 0.717) is 17.3 Å². The molecule has 0 aliphatic carbocycles. The van der Waals surface area contributed by atoms with Crippen LogP contribution in [0.2, 0.25) is 0 Å². The van der Waals surface area contributed by atoms with E-state index in [2.05, 4.69) is 35.5 Å². The van der Waals surface area contributed by atoms with E-state index in [1.807, 2.05) is 30.6 Å². The lowest BCUT2D eigenvalue weighted by Crippen LogP contribution is -2.20. The Labute approximate surface area is 119 Å². The van der Waals surface area contributed by atoms with Gasteiger partial charge in [0.1, 0.15) is 5.82 Å². The fourth-order valence-electron chi connectivity index (χ4n) is 2.28. The Kier molecular flexibility index (Phi) is 4.32. The smallest absolute Gasteiger partial charge is 0.111 e. The SMILES string of the molecule is CC(C)c1nccn1C(CC(N)=S)c1ccccc1. The lowest BCUT2D eigenvalue weighted by atomic mass is 10.0. The van der Waals surface area contributed by atoms with Crippen LogP contribution < -0.4 is 5.73 Å². The summed E-state index contributed by atoms with van der Waals surface area (Å²) in [6, 6.07) is 10.4. The summed E-state index contributed by atoms with van der Waals surface area (Å²) in [7, 11) is 0. The Balaban J connectivity index is 2.43. The lowest BCUT2D eigenvalue weighted by molar-refractivity contribution is 0.556. The van der Waals surface area contributed by atoms with Crippen LogP contribution in [0.4, 0.5) is 0 Å². The minimum Gasteiger partial charge on any atom is -0.393 e. The Bertz CT molecular complexity index is 546. The van der Waals surface area contributed by atoms with Crippen LogP contribution in [-0.4, -0.2) is 14.5 Å². The average molecular weight is 273 g/mol. The van der Waals surface area contributed by atoms with Crippen LogP contribution in [0.25, 0.3) is 0 Å². The minimum atomic E-state index is 0.124. The molecule has 1 atom stereocenters. The third-order valence-electron chi connectivity index (χ3n) is 3.13. The molecule has 0 aliphatic rings. The van der Waals surface area contributed by atoms with Gasteiger partial charge in [0.05, 0.1) is 11.0 Å². The van der Waals surface area contributed by atoms with Crippen molar-refractivity contribution < 1.29 is 0 Å². The molecule has 3 nitrogen and oxygen atoms in total. The molecule has 1 aromatic carbocycles. The number of nitrogens with zero attached hydrogens (tertiary/aromatic N) is 2. The number of aromatic nitrogens is 2. The van der Waals surface area contributed by atoms with Crippen LogP contribution in [0, 0.1) is 0 Å². The van der Waals surface area contributed by atoms with Crippen LogP contribution in [0.5, 0.6) is 0 Å². The van der Waals surface area contributed by atoms with E-state index < -0.39 is 0 Å². The Morgan fingerprint density at radius 1 is 1.32 bits per heavy atom. The fourth-order valence-corrected chi connectivity index (χ4v) is 2.44. The third-order valence-corrected chi connectivity index (χ3v) is 3.30. The summed E-state index contributed by atoms with van der Waals surface area (Å²) in [5.41, 5.74) is 6.96. The van der Waals surface area contributed by atoms with Gasteiger partial charge >= 0.3 is 0 Å². The number of nitrogens with two attached hydrogens (primary N) is 1. The molecule has 0 amide bonds. The molecule has 0 radical (unpaired) electrons. The molecule has 1 heterocycles. The summed E-state index contributed by atoms with van der Waals surface area (Å²) >= 11 is 5.10. The Morgan fingerprint density at radius 3 is 2.58 bits per heavy atom. The van der Waals surface area contributed by atoms with Gasteiger partial charge in [-0.3, -0.25) is 0 Å². The fraction of sp³-hybridized carbons (Fsp3) is 0.333. The number of hydrogen-bond donors (Lipinski definition) is 1. The second-order valence-corrected chi connectivity index (χ2v) is 5.47. The molecule has 1 aromatic heterocycles. The zero-order chi connectivity index (χ0) is 13.8. The standard InChI is InChI=1S/C15H19N3S/c1-11(2)15-17-8-9-18(15)13(10-14(16)19)12-6-4-3-5-7-12/h3-9,11,13H,10H2,1-2H3,(H2,16,19). The molecule has 0 saturated carbocycles. The predicted octanol–water partition coefficient (Wildman–Crippen LogP) is 3.27. The van der Waals surface area contributed by atoms with Gasteiger partial charge in [-0.1, -0.05) is 56.4 Å². The zero-order valence-electron chi connectivity index (χ0n) is 11.3. The van der Waals surface area contributed by atoms with Crippen molar-refractivity contribution in [3.05, 3.63) is 54.1 Å². The van der Waals surface area contributed by atoms with E-state index in [1.165, 1.54) is 5.56 Å². The molecule has 2 rings (SSSR count). The molecule has 2 aromatic rings. The average Bonchev–Trinajstić information content (AvgIpc) is 2.86. The second kappa shape index (κ2) is 5.97. The molecule has 19 heavy (non-hydrogen) atoms. The molecule has 1 unspecified atom stereocenters. The van der Waals surface area contributed by atoms with Gasteiger partial charge in [0.15, 0.2) is 0 Å². The molecule has 100 valence electrons. The van der Waals surface area contributed by atoms with Crippen molar-refractivity contribution in [3.63, 3.8) is 0 Å². The molecule has 2 N–H and O–H groups in total. The van der Waals surface area contributed by atoms with E-state index in [0.717, 1.165) is 5.82 Å². The maximum absolute atomic E-state index is 5.76. The van der Waals surface area contributed by atoms with E-state index in [9.17, 15) is 0 Å².